The van der Waals surface area contributed by atoms with Gasteiger partial charge in [0.05, 0.1) is 5.69 Å². The first-order valence-corrected chi connectivity index (χ1v) is 5.48. The number of hydrogen-bond donors (Lipinski definition) is 2. The van der Waals surface area contributed by atoms with Crippen LogP contribution in [0.1, 0.15) is 30.5 Å². The maximum absolute atomic E-state index is 13.3. The van der Waals surface area contributed by atoms with Crippen molar-refractivity contribution in [2.24, 2.45) is 0 Å². The van der Waals surface area contributed by atoms with E-state index >= 15 is 0 Å². The summed E-state index contributed by atoms with van der Waals surface area (Å²) in [6, 6.07) is 2.74. The molecule has 16 heavy (non-hydrogen) atoms. The number of carbonyl (C=O) groups excluding carboxylic acids is 1. The van der Waals surface area contributed by atoms with Gasteiger partial charge in [0.25, 0.3) is 0 Å². The summed E-state index contributed by atoms with van der Waals surface area (Å²) in [5.41, 5.74) is 1.97. The highest BCUT2D eigenvalue weighted by atomic mass is 19.1. The largest absolute Gasteiger partial charge is 0.324 e. The Balaban J connectivity index is 2.35. The quantitative estimate of drug-likeness (QED) is 0.822. The normalized spacial score (nSPS) is 18.4. The fraction of sp³-hybridized carbons (Fsp3) is 0.417. The van der Waals surface area contributed by atoms with E-state index in [9.17, 15) is 9.18 Å². The van der Waals surface area contributed by atoms with Crippen LogP contribution in [0.15, 0.2) is 12.1 Å². The van der Waals surface area contributed by atoms with E-state index in [4.69, 9.17) is 0 Å². The van der Waals surface area contributed by atoms with E-state index < -0.39 is 0 Å². The zero-order valence-corrected chi connectivity index (χ0v) is 9.43. The molecule has 0 bridgehead atoms. The van der Waals surface area contributed by atoms with Crippen molar-refractivity contribution < 1.29 is 9.18 Å². The number of nitrogens with one attached hydrogen (secondary N) is 2. The van der Waals surface area contributed by atoms with Crippen LogP contribution in [0, 0.1) is 12.7 Å². The summed E-state index contributed by atoms with van der Waals surface area (Å²) in [6.07, 6.45) is 0.958. The third-order valence-corrected chi connectivity index (χ3v) is 2.85. The second-order valence-corrected chi connectivity index (χ2v) is 4.01. The fourth-order valence-electron chi connectivity index (χ4n) is 1.94. The summed E-state index contributed by atoms with van der Waals surface area (Å²) in [5, 5.41) is 5.87. The Hall–Kier alpha value is -1.42. The topological polar surface area (TPSA) is 41.1 Å². The Morgan fingerprint density at radius 3 is 2.94 bits per heavy atom. The molecule has 4 heteroatoms. The number of hydrogen-bond acceptors (Lipinski definition) is 2. The maximum atomic E-state index is 13.3. The van der Waals surface area contributed by atoms with Gasteiger partial charge in [-0.3, -0.25) is 4.79 Å². The summed E-state index contributed by atoms with van der Waals surface area (Å²) in [4.78, 5) is 11.7. The van der Waals surface area contributed by atoms with Gasteiger partial charge in [0, 0.05) is 11.1 Å². The van der Waals surface area contributed by atoms with Crippen molar-refractivity contribution in [1.82, 2.24) is 5.32 Å². The van der Waals surface area contributed by atoms with E-state index in [1.54, 1.807) is 13.0 Å². The van der Waals surface area contributed by atoms with Gasteiger partial charge < -0.3 is 10.6 Å². The number of anilines is 1. The van der Waals surface area contributed by atoms with Gasteiger partial charge in [-0.1, -0.05) is 13.0 Å². The van der Waals surface area contributed by atoms with Gasteiger partial charge in [0.2, 0.25) is 5.91 Å². The molecule has 0 fully saturated rings. The molecule has 0 spiro atoms. The number of halogens is 1. The van der Waals surface area contributed by atoms with Crippen LogP contribution in [0.4, 0.5) is 10.1 Å². The highest BCUT2D eigenvalue weighted by Gasteiger charge is 2.31. The third-order valence-electron chi connectivity index (χ3n) is 2.85. The van der Waals surface area contributed by atoms with Crippen molar-refractivity contribution in [2.75, 3.05) is 11.9 Å². The Bertz CT molecular complexity index is 431. The van der Waals surface area contributed by atoms with Crippen molar-refractivity contribution in [2.45, 2.75) is 26.3 Å². The van der Waals surface area contributed by atoms with Crippen molar-refractivity contribution in [3.8, 4) is 0 Å². The fourth-order valence-corrected chi connectivity index (χ4v) is 1.94. The zero-order valence-electron chi connectivity index (χ0n) is 9.43. The number of fused-ring (bicyclic) bond motifs is 1. The molecule has 0 aliphatic carbocycles. The van der Waals surface area contributed by atoms with E-state index in [1.807, 2.05) is 6.92 Å². The Kier molecular flexibility index (Phi) is 2.92. The first-order chi connectivity index (χ1) is 7.65. The molecule has 0 radical (unpaired) electrons. The molecule has 0 aromatic heterocycles. The Morgan fingerprint density at radius 1 is 1.50 bits per heavy atom. The standard InChI is InChI=1S/C12H15FN2O/c1-3-6-14-11-8-4-5-9(13)7(2)10(8)15-12(11)16/h4-5,11,14H,3,6H2,1-2H3,(H,15,16). The molecule has 1 unspecified atom stereocenters. The summed E-state index contributed by atoms with van der Waals surface area (Å²) in [7, 11) is 0. The minimum absolute atomic E-state index is 0.0999. The van der Waals surface area contributed by atoms with Crippen LogP contribution < -0.4 is 10.6 Å². The van der Waals surface area contributed by atoms with Crippen LogP contribution in [0.5, 0.6) is 0 Å². The lowest BCUT2D eigenvalue weighted by Gasteiger charge is -2.10. The monoisotopic (exact) mass is 222 g/mol. The van der Waals surface area contributed by atoms with Crippen LogP contribution in [0.3, 0.4) is 0 Å². The Morgan fingerprint density at radius 2 is 2.25 bits per heavy atom. The minimum atomic E-state index is -0.339. The molecule has 1 atom stereocenters. The van der Waals surface area contributed by atoms with E-state index in [-0.39, 0.29) is 17.8 Å². The second-order valence-electron chi connectivity index (χ2n) is 4.01. The van der Waals surface area contributed by atoms with Gasteiger partial charge in [0.15, 0.2) is 0 Å². The second kappa shape index (κ2) is 4.22. The van der Waals surface area contributed by atoms with E-state index in [1.165, 1.54) is 6.07 Å². The van der Waals surface area contributed by atoms with Crippen LogP contribution in [0.25, 0.3) is 0 Å². The minimum Gasteiger partial charge on any atom is -0.324 e. The SMILES string of the molecule is CCCNC1C(=O)Nc2c1ccc(F)c2C. The molecular weight excluding hydrogens is 207 g/mol. The first-order valence-electron chi connectivity index (χ1n) is 5.48. The van der Waals surface area contributed by atoms with Gasteiger partial charge >= 0.3 is 0 Å². The van der Waals surface area contributed by atoms with Crippen molar-refractivity contribution in [3.63, 3.8) is 0 Å². The molecule has 1 aromatic rings. The number of rotatable bonds is 3. The molecule has 1 heterocycles. The summed E-state index contributed by atoms with van der Waals surface area (Å²) in [5.74, 6) is -0.382. The van der Waals surface area contributed by atoms with Gasteiger partial charge in [-0.2, -0.15) is 0 Å². The van der Waals surface area contributed by atoms with Gasteiger partial charge in [-0.15, -0.1) is 0 Å². The molecule has 1 aromatic carbocycles. The van der Waals surface area contributed by atoms with Crippen LogP contribution >= 0.6 is 0 Å². The molecular formula is C12H15FN2O. The lowest BCUT2D eigenvalue weighted by atomic mass is 10.0. The van der Waals surface area contributed by atoms with Crippen LogP contribution in [-0.2, 0) is 4.79 Å². The average Bonchev–Trinajstić information content (AvgIpc) is 2.58. The van der Waals surface area contributed by atoms with E-state index in [0.29, 0.717) is 11.3 Å². The molecule has 86 valence electrons. The van der Waals surface area contributed by atoms with E-state index in [2.05, 4.69) is 10.6 Å². The molecule has 2 N–H and O–H groups in total. The maximum Gasteiger partial charge on any atom is 0.246 e. The van der Waals surface area contributed by atoms with Crippen molar-refractivity contribution in [3.05, 3.63) is 29.1 Å². The van der Waals surface area contributed by atoms with Gasteiger partial charge in [-0.05, 0) is 26.0 Å². The number of carbonyl (C=O) groups is 1. The average molecular weight is 222 g/mol. The van der Waals surface area contributed by atoms with Crippen molar-refractivity contribution in [1.29, 1.82) is 0 Å². The lowest BCUT2D eigenvalue weighted by Crippen LogP contribution is -2.27. The highest BCUT2D eigenvalue weighted by molar-refractivity contribution is 6.03. The Labute approximate surface area is 94.0 Å². The summed E-state index contributed by atoms with van der Waals surface area (Å²) >= 11 is 0. The van der Waals surface area contributed by atoms with Crippen LogP contribution in [0.2, 0.25) is 0 Å². The molecule has 0 saturated carbocycles. The predicted octanol–water partition coefficient (Wildman–Crippen LogP) is 2.13. The number of benzene rings is 1. The number of amides is 1. The summed E-state index contributed by atoms with van der Waals surface area (Å²) < 4.78 is 13.3. The molecule has 2 rings (SSSR count). The first kappa shape index (κ1) is 11.1. The smallest absolute Gasteiger partial charge is 0.246 e. The van der Waals surface area contributed by atoms with Crippen molar-refractivity contribution >= 4 is 11.6 Å². The molecule has 1 aliphatic heterocycles. The highest BCUT2D eigenvalue weighted by Crippen LogP contribution is 2.34. The van der Waals surface area contributed by atoms with Gasteiger partial charge in [-0.25, -0.2) is 4.39 Å². The van der Waals surface area contributed by atoms with Crippen LogP contribution in [-0.4, -0.2) is 12.5 Å². The van der Waals surface area contributed by atoms with Gasteiger partial charge in [0.1, 0.15) is 11.9 Å². The zero-order chi connectivity index (χ0) is 11.7. The summed E-state index contributed by atoms with van der Waals surface area (Å²) in [6.45, 7) is 4.49. The molecule has 1 aliphatic rings. The molecule has 3 nitrogen and oxygen atoms in total. The molecule has 0 saturated heterocycles. The lowest BCUT2D eigenvalue weighted by molar-refractivity contribution is -0.117. The molecule has 1 amide bonds. The van der Waals surface area contributed by atoms with E-state index in [0.717, 1.165) is 18.5 Å². The predicted molar refractivity (Wildman–Crippen MR) is 60.8 cm³/mol. The third kappa shape index (κ3) is 1.69.